The number of methoxy groups -OCH3 is 1. The van der Waals surface area contributed by atoms with Gasteiger partial charge in [0.2, 0.25) is 0 Å². The van der Waals surface area contributed by atoms with Gasteiger partial charge >= 0.3 is 11.8 Å². The Morgan fingerprint density at radius 1 is 1.17 bits per heavy atom. The SMILES string of the molecule is CO[C@H](CNC(=O)C(=O)Nc1cccc(C)c1C)c1ccco1. The summed E-state index contributed by atoms with van der Waals surface area (Å²) in [6.07, 6.45) is 1.08. The van der Waals surface area contributed by atoms with Crippen LogP contribution in [0.5, 0.6) is 0 Å². The lowest BCUT2D eigenvalue weighted by atomic mass is 10.1. The molecule has 0 aliphatic carbocycles. The summed E-state index contributed by atoms with van der Waals surface area (Å²) in [7, 11) is 1.51. The van der Waals surface area contributed by atoms with Gasteiger partial charge in [-0.2, -0.15) is 0 Å². The average Bonchev–Trinajstić information content (AvgIpc) is 3.06. The number of anilines is 1. The van der Waals surface area contributed by atoms with Gasteiger partial charge in [-0.05, 0) is 43.2 Å². The molecule has 2 aromatic rings. The van der Waals surface area contributed by atoms with Gasteiger partial charge in [0.25, 0.3) is 0 Å². The molecular weight excluding hydrogens is 296 g/mol. The van der Waals surface area contributed by atoms with Crippen molar-refractivity contribution < 1.29 is 18.7 Å². The van der Waals surface area contributed by atoms with Gasteiger partial charge in [-0.1, -0.05) is 12.1 Å². The first-order chi connectivity index (χ1) is 11.0. The molecule has 0 aliphatic rings. The fraction of sp³-hybridized carbons (Fsp3) is 0.294. The minimum absolute atomic E-state index is 0.142. The van der Waals surface area contributed by atoms with Crippen molar-refractivity contribution in [1.29, 1.82) is 0 Å². The van der Waals surface area contributed by atoms with E-state index in [-0.39, 0.29) is 6.54 Å². The molecule has 0 unspecified atom stereocenters. The summed E-state index contributed by atoms with van der Waals surface area (Å²) in [5.74, 6) is -0.852. The number of aryl methyl sites for hydroxylation is 1. The number of furan rings is 1. The van der Waals surface area contributed by atoms with E-state index in [1.54, 1.807) is 18.2 Å². The Balaban J connectivity index is 1.92. The molecule has 23 heavy (non-hydrogen) atoms. The van der Waals surface area contributed by atoms with Crippen LogP contribution >= 0.6 is 0 Å². The standard InChI is InChI=1S/C17H20N2O4/c1-11-6-4-7-13(12(11)2)19-17(21)16(20)18-10-15(22-3)14-8-5-9-23-14/h4-9,15H,10H2,1-3H3,(H,18,20)(H,19,21)/t15-/m1/s1. The van der Waals surface area contributed by atoms with Gasteiger partial charge in [0.05, 0.1) is 12.8 Å². The van der Waals surface area contributed by atoms with Crippen LogP contribution in [0.1, 0.15) is 23.0 Å². The van der Waals surface area contributed by atoms with Gasteiger partial charge in [0, 0.05) is 12.8 Å². The maximum absolute atomic E-state index is 12.0. The fourth-order valence-corrected chi connectivity index (χ4v) is 2.11. The number of hydrogen-bond donors (Lipinski definition) is 2. The molecular formula is C17H20N2O4. The molecule has 2 N–H and O–H groups in total. The highest BCUT2D eigenvalue weighted by Gasteiger charge is 2.19. The molecule has 0 bridgehead atoms. The molecule has 0 saturated heterocycles. The Bertz CT molecular complexity index is 680. The third-order valence-corrected chi connectivity index (χ3v) is 3.65. The molecule has 122 valence electrons. The highest BCUT2D eigenvalue weighted by Crippen LogP contribution is 2.18. The Hall–Kier alpha value is -2.60. The topological polar surface area (TPSA) is 80.6 Å². The van der Waals surface area contributed by atoms with Crippen molar-refractivity contribution in [2.75, 3.05) is 19.0 Å². The quantitative estimate of drug-likeness (QED) is 0.830. The Labute approximate surface area is 134 Å². The number of rotatable bonds is 5. The van der Waals surface area contributed by atoms with Crippen LogP contribution in [-0.4, -0.2) is 25.5 Å². The normalized spacial score (nSPS) is 11.8. The van der Waals surface area contributed by atoms with Crippen molar-refractivity contribution in [2.24, 2.45) is 0 Å². The number of carbonyl (C=O) groups is 2. The Morgan fingerprint density at radius 2 is 1.96 bits per heavy atom. The summed E-state index contributed by atoms with van der Waals surface area (Å²) in [5, 5.41) is 5.15. The first kappa shape index (κ1) is 16.8. The molecule has 6 nitrogen and oxygen atoms in total. The van der Waals surface area contributed by atoms with Crippen molar-refractivity contribution in [3.05, 3.63) is 53.5 Å². The van der Waals surface area contributed by atoms with E-state index in [1.807, 2.05) is 26.0 Å². The maximum atomic E-state index is 12.0. The third-order valence-electron chi connectivity index (χ3n) is 3.65. The molecule has 6 heteroatoms. The second-order valence-corrected chi connectivity index (χ2v) is 5.15. The van der Waals surface area contributed by atoms with E-state index in [2.05, 4.69) is 10.6 Å². The van der Waals surface area contributed by atoms with Crippen LogP contribution in [0.2, 0.25) is 0 Å². The first-order valence-electron chi connectivity index (χ1n) is 7.24. The molecule has 1 atom stereocenters. The van der Waals surface area contributed by atoms with Gasteiger partial charge in [0.15, 0.2) is 0 Å². The lowest BCUT2D eigenvalue weighted by molar-refractivity contribution is -0.136. The van der Waals surface area contributed by atoms with Crippen LogP contribution in [0, 0.1) is 13.8 Å². The second kappa shape index (κ2) is 7.60. The molecule has 0 spiro atoms. The molecule has 1 aromatic heterocycles. The van der Waals surface area contributed by atoms with E-state index in [0.717, 1.165) is 11.1 Å². The van der Waals surface area contributed by atoms with Crippen LogP contribution in [0.3, 0.4) is 0 Å². The van der Waals surface area contributed by atoms with E-state index in [4.69, 9.17) is 9.15 Å². The molecule has 1 aromatic carbocycles. The Morgan fingerprint density at radius 3 is 2.61 bits per heavy atom. The van der Waals surface area contributed by atoms with Crippen molar-refractivity contribution in [2.45, 2.75) is 20.0 Å². The van der Waals surface area contributed by atoms with Gasteiger partial charge in [-0.25, -0.2) is 0 Å². The molecule has 0 radical (unpaired) electrons. The lowest BCUT2D eigenvalue weighted by Gasteiger charge is -2.14. The van der Waals surface area contributed by atoms with Gasteiger partial charge in [-0.15, -0.1) is 0 Å². The van der Waals surface area contributed by atoms with Crippen LogP contribution in [0.25, 0.3) is 0 Å². The van der Waals surface area contributed by atoms with Crippen molar-refractivity contribution in [1.82, 2.24) is 5.32 Å². The lowest BCUT2D eigenvalue weighted by Crippen LogP contribution is -2.38. The van der Waals surface area contributed by atoms with E-state index in [9.17, 15) is 9.59 Å². The summed E-state index contributed by atoms with van der Waals surface area (Å²) >= 11 is 0. The number of hydrogen-bond acceptors (Lipinski definition) is 4. The van der Waals surface area contributed by atoms with Crippen molar-refractivity contribution in [3.8, 4) is 0 Å². The number of benzene rings is 1. The maximum Gasteiger partial charge on any atom is 0.313 e. The number of amides is 2. The summed E-state index contributed by atoms with van der Waals surface area (Å²) < 4.78 is 10.5. The van der Waals surface area contributed by atoms with Crippen molar-refractivity contribution >= 4 is 17.5 Å². The van der Waals surface area contributed by atoms with E-state index in [0.29, 0.717) is 11.4 Å². The van der Waals surface area contributed by atoms with Crippen LogP contribution in [-0.2, 0) is 14.3 Å². The van der Waals surface area contributed by atoms with E-state index >= 15 is 0 Å². The van der Waals surface area contributed by atoms with Crippen LogP contribution < -0.4 is 10.6 Å². The summed E-state index contributed by atoms with van der Waals surface area (Å²) in [4.78, 5) is 23.9. The minimum Gasteiger partial charge on any atom is -0.467 e. The number of ether oxygens (including phenoxy) is 1. The second-order valence-electron chi connectivity index (χ2n) is 5.15. The molecule has 0 saturated carbocycles. The zero-order chi connectivity index (χ0) is 16.8. The largest absolute Gasteiger partial charge is 0.467 e. The minimum atomic E-state index is -0.723. The molecule has 0 fully saturated rings. The molecule has 2 rings (SSSR count). The highest BCUT2D eigenvalue weighted by atomic mass is 16.5. The highest BCUT2D eigenvalue weighted by molar-refractivity contribution is 6.39. The molecule has 0 aliphatic heterocycles. The van der Waals surface area contributed by atoms with Crippen LogP contribution in [0.4, 0.5) is 5.69 Å². The fourth-order valence-electron chi connectivity index (χ4n) is 2.11. The summed E-state index contributed by atoms with van der Waals surface area (Å²) in [6, 6.07) is 9.01. The third kappa shape index (κ3) is 4.20. The van der Waals surface area contributed by atoms with Crippen LogP contribution in [0.15, 0.2) is 41.0 Å². The van der Waals surface area contributed by atoms with Gasteiger partial charge < -0.3 is 19.8 Å². The predicted molar refractivity (Wildman–Crippen MR) is 86.0 cm³/mol. The zero-order valence-electron chi connectivity index (χ0n) is 13.4. The average molecular weight is 316 g/mol. The molecule has 2 amide bonds. The summed E-state index contributed by atoms with van der Waals surface area (Å²) in [5.41, 5.74) is 2.60. The smallest absolute Gasteiger partial charge is 0.313 e. The predicted octanol–water partition coefficient (Wildman–Crippen LogP) is 2.34. The number of nitrogens with one attached hydrogen (secondary N) is 2. The zero-order valence-corrected chi connectivity index (χ0v) is 13.4. The Kier molecular flexibility index (Phi) is 5.54. The van der Waals surface area contributed by atoms with Crippen molar-refractivity contribution in [3.63, 3.8) is 0 Å². The van der Waals surface area contributed by atoms with E-state index < -0.39 is 17.9 Å². The van der Waals surface area contributed by atoms with Gasteiger partial charge in [-0.3, -0.25) is 9.59 Å². The molecule has 1 heterocycles. The van der Waals surface area contributed by atoms with E-state index in [1.165, 1.54) is 13.4 Å². The number of carbonyl (C=O) groups excluding carboxylic acids is 2. The monoisotopic (exact) mass is 316 g/mol. The first-order valence-corrected chi connectivity index (χ1v) is 7.24. The summed E-state index contributed by atoms with van der Waals surface area (Å²) in [6.45, 7) is 3.97. The van der Waals surface area contributed by atoms with Gasteiger partial charge in [0.1, 0.15) is 11.9 Å².